The Labute approximate surface area is 469 Å². The molecule has 0 spiro atoms. The van der Waals surface area contributed by atoms with E-state index in [1.54, 1.807) is 0 Å². The van der Waals surface area contributed by atoms with E-state index < -0.39 is 0 Å². The van der Waals surface area contributed by atoms with Crippen molar-refractivity contribution in [2.24, 2.45) is 0 Å². The lowest BCUT2D eigenvalue weighted by Gasteiger charge is -2.48. The fourth-order valence-electron chi connectivity index (χ4n) is 14.4. The van der Waals surface area contributed by atoms with E-state index in [4.69, 9.17) is 0 Å². The van der Waals surface area contributed by atoms with E-state index in [0.717, 1.165) is 12.8 Å². The van der Waals surface area contributed by atoms with E-state index in [9.17, 15) is 0 Å². The van der Waals surface area contributed by atoms with Gasteiger partial charge in [0.15, 0.2) is 0 Å². The molecule has 2 aliphatic carbocycles. The van der Waals surface area contributed by atoms with Gasteiger partial charge in [-0.1, -0.05) is 219 Å². The molecule has 0 saturated heterocycles. The van der Waals surface area contributed by atoms with E-state index in [1.807, 2.05) is 0 Å². The number of aryl methyl sites for hydroxylation is 1. The molecular formula is C75H83BN2. The zero-order valence-corrected chi connectivity index (χ0v) is 49.9. The standard InChI is InChI=1S/C75H83BN2/c1-48-41-66-68-67(42-48)78(63-35-31-53(74(13,14)51-23-19-17-20-24-51)43-56(63)49-27-29-50(30-28-49)69(2,3)4)64-36-32-54(75(15,16)52-25-21-18-22-26-52)44-61(64)76(68)62-46-59-60(73(11,12)40-39-72(59,9)10)47-65(62)77(66)55-33-34-57-58(45-55)71(7,8)38-37-70(57,5)6/h17-36,41-47H,37-40H2,1-16H3. The van der Waals surface area contributed by atoms with Crippen LogP contribution in [0.3, 0.4) is 0 Å². The molecule has 0 fully saturated rings. The first-order valence-electron chi connectivity index (χ1n) is 29.3. The van der Waals surface area contributed by atoms with Crippen LogP contribution in [0.1, 0.15) is 185 Å². The summed E-state index contributed by atoms with van der Waals surface area (Å²) in [7, 11) is 0. The van der Waals surface area contributed by atoms with Crippen molar-refractivity contribution < 1.29 is 0 Å². The molecule has 12 rings (SSSR count). The van der Waals surface area contributed by atoms with E-state index in [-0.39, 0.29) is 44.6 Å². The van der Waals surface area contributed by atoms with Crippen LogP contribution < -0.4 is 26.2 Å². The van der Waals surface area contributed by atoms with Crippen molar-refractivity contribution in [2.45, 2.75) is 174 Å². The summed E-state index contributed by atoms with van der Waals surface area (Å²) < 4.78 is 0. The summed E-state index contributed by atoms with van der Waals surface area (Å²) in [6, 6.07) is 64.6. The predicted octanol–water partition coefficient (Wildman–Crippen LogP) is 18.4. The zero-order valence-electron chi connectivity index (χ0n) is 49.9. The fourth-order valence-corrected chi connectivity index (χ4v) is 14.4. The van der Waals surface area contributed by atoms with Crippen LogP contribution in [-0.2, 0) is 37.9 Å². The lowest BCUT2D eigenvalue weighted by molar-refractivity contribution is 0.332. The van der Waals surface area contributed by atoms with Gasteiger partial charge in [0.2, 0.25) is 0 Å². The Morgan fingerprint density at radius 3 is 1.38 bits per heavy atom. The van der Waals surface area contributed by atoms with E-state index >= 15 is 0 Å². The van der Waals surface area contributed by atoms with Crippen LogP contribution in [-0.4, -0.2) is 6.71 Å². The average Bonchev–Trinajstić information content (AvgIpc) is 3.06. The minimum atomic E-state index is -0.253. The highest BCUT2D eigenvalue weighted by molar-refractivity contribution is 7.00. The molecule has 3 heteroatoms. The maximum atomic E-state index is 2.71. The molecule has 4 aliphatic rings. The number of anilines is 6. The third-order valence-electron chi connectivity index (χ3n) is 20.0. The number of fused-ring (bicyclic) bond motifs is 6. The molecule has 0 N–H and O–H groups in total. The molecule has 2 aliphatic heterocycles. The molecule has 0 radical (unpaired) electrons. The van der Waals surface area contributed by atoms with Crippen LogP contribution in [0.25, 0.3) is 11.1 Å². The van der Waals surface area contributed by atoms with Gasteiger partial charge in [0.05, 0.1) is 5.69 Å². The highest BCUT2D eigenvalue weighted by Gasteiger charge is 2.48. The molecule has 396 valence electrons. The van der Waals surface area contributed by atoms with Gasteiger partial charge in [-0.25, -0.2) is 0 Å². The second-order valence-electron chi connectivity index (χ2n) is 28.9. The summed E-state index contributed by atoms with van der Waals surface area (Å²) in [6.45, 7) is 38.7. The zero-order chi connectivity index (χ0) is 55.3. The van der Waals surface area contributed by atoms with Crippen molar-refractivity contribution in [1.82, 2.24) is 0 Å². The second kappa shape index (κ2) is 17.7. The van der Waals surface area contributed by atoms with E-state index in [1.165, 1.54) is 130 Å². The van der Waals surface area contributed by atoms with Crippen LogP contribution in [0.4, 0.5) is 34.1 Å². The summed E-state index contributed by atoms with van der Waals surface area (Å²) in [5.41, 5.74) is 27.7. The molecule has 8 aromatic rings. The largest absolute Gasteiger partial charge is 0.311 e. The van der Waals surface area contributed by atoms with Gasteiger partial charge >= 0.3 is 0 Å². The molecule has 0 bridgehead atoms. The van der Waals surface area contributed by atoms with Gasteiger partial charge in [-0.15, -0.1) is 0 Å². The average molecular weight is 1020 g/mol. The SMILES string of the molecule is Cc1cc2c3c(c1)N(c1ccc(C(C)(C)c4ccccc4)cc1-c1ccc(C(C)(C)C)cc1)c1ccc(C(C)(C)c4ccccc4)cc1B3c1cc3c(cc1N2c1ccc2c(c1)C(C)(C)CCC2(C)C)C(C)(C)CCC3(C)C. The molecule has 0 unspecified atom stereocenters. The summed E-state index contributed by atoms with van der Waals surface area (Å²) >= 11 is 0. The van der Waals surface area contributed by atoms with Gasteiger partial charge in [0.1, 0.15) is 0 Å². The maximum absolute atomic E-state index is 2.71. The maximum Gasteiger partial charge on any atom is 0.252 e. The Bertz CT molecular complexity index is 3670. The normalized spacial score (nSPS) is 17.6. The minimum absolute atomic E-state index is 0.0235. The Morgan fingerprint density at radius 2 is 0.833 bits per heavy atom. The quantitative estimate of drug-likeness (QED) is 0.147. The fraction of sp³-hybridized carbons (Fsp3) is 0.360. The Kier molecular flexibility index (Phi) is 11.8. The van der Waals surface area contributed by atoms with Gasteiger partial charge in [-0.3, -0.25) is 0 Å². The van der Waals surface area contributed by atoms with Crippen LogP contribution in [0, 0.1) is 6.92 Å². The van der Waals surface area contributed by atoms with Crippen LogP contribution in [0.5, 0.6) is 0 Å². The monoisotopic (exact) mass is 1020 g/mol. The predicted molar refractivity (Wildman–Crippen MR) is 337 cm³/mol. The highest BCUT2D eigenvalue weighted by Crippen LogP contribution is 2.54. The first kappa shape index (κ1) is 52.1. The van der Waals surface area contributed by atoms with Crippen LogP contribution in [0.15, 0.2) is 164 Å². The molecule has 78 heavy (non-hydrogen) atoms. The van der Waals surface area contributed by atoms with E-state index in [2.05, 4.69) is 284 Å². The molecule has 0 amide bonds. The van der Waals surface area contributed by atoms with Crippen LogP contribution >= 0.6 is 0 Å². The number of hydrogen-bond acceptors (Lipinski definition) is 2. The molecule has 2 heterocycles. The summed E-state index contributed by atoms with van der Waals surface area (Å²) in [6.07, 6.45) is 4.68. The Balaban J connectivity index is 1.19. The lowest BCUT2D eigenvalue weighted by Crippen LogP contribution is -2.62. The van der Waals surface area contributed by atoms with Crippen molar-refractivity contribution in [3.63, 3.8) is 0 Å². The van der Waals surface area contributed by atoms with Crippen molar-refractivity contribution in [3.05, 3.63) is 219 Å². The van der Waals surface area contributed by atoms with Crippen molar-refractivity contribution >= 4 is 57.2 Å². The minimum Gasteiger partial charge on any atom is -0.311 e. The number of nitrogens with zero attached hydrogens (tertiary/aromatic N) is 2. The van der Waals surface area contributed by atoms with Gasteiger partial charge < -0.3 is 9.80 Å². The molecule has 0 atom stereocenters. The van der Waals surface area contributed by atoms with Gasteiger partial charge in [0.25, 0.3) is 6.71 Å². The number of hydrogen-bond donors (Lipinski definition) is 0. The first-order chi connectivity index (χ1) is 36.7. The Morgan fingerprint density at radius 1 is 0.372 bits per heavy atom. The van der Waals surface area contributed by atoms with Crippen molar-refractivity contribution in [1.29, 1.82) is 0 Å². The van der Waals surface area contributed by atoms with Gasteiger partial charge in [0, 0.05) is 44.8 Å². The molecular weight excluding hydrogens is 940 g/mol. The molecule has 0 saturated carbocycles. The van der Waals surface area contributed by atoms with Crippen molar-refractivity contribution in [2.75, 3.05) is 9.80 Å². The molecule has 8 aromatic carbocycles. The number of benzene rings is 8. The van der Waals surface area contributed by atoms with Gasteiger partial charge in [-0.05, 0) is 186 Å². The van der Waals surface area contributed by atoms with Gasteiger partial charge in [-0.2, -0.15) is 0 Å². The topological polar surface area (TPSA) is 6.48 Å². The molecule has 0 aromatic heterocycles. The van der Waals surface area contributed by atoms with Crippen LogP contribution in [0.2, 0.25) is 0 Å². The first-order valence-corrected chi connectivity index (χ1v) is 29.3. The summed E-state index contributed by atoms with van der Waals surface area (Å²) in [5, 5.41) is 0. The lowest BCUT2D eigenvalue weighted by atomic mass is 9.33. The third kappa shape index (κ3) is 8.26. The molecule has 2 nitrogen and oxygen atoms in total. The Hall–Kier alpha value is -6.58. The third-order valence-corrected chi connectivity index (χ3v) is 20.0. The highest BCUT2D eigenvalue weighted by atomic mass is 15.2. The second-order valence-corrected chi connectivity index (χ2v) is 28.9. The number of rotatable bonds is 7. The summed E-state index contributed by atoms with van der Waals surface area (Å²) in [4.78, 5) is 5.39. The van der Waals surface area contributed by atoms with Crippen molar-refractivity contribution in [3.8, 4) is 11.1 Å². The smallest absolute Gasteiger partial charge is 0.252 e. The van der Waals surface area contributed by atoms with E-state index in [0.29, 0.717) is 0 Å². The summed E-state index contributed by atoms with van der Waals surface area (Å²) in [5.74, 6) is 0.